The number of aromatic nitrogens is 2. The van der Waals surface area contributed by atoms with Gasteiger partial charge in [-0.3, -0.25) is 24.7 Å². The molecule has 2 amide bonds. The molecular weight excluding hydrogens is 631 g/mol. The van der Waals surface area contributed by atoms with Gasteiger partial charge in [-0.25, -0.2) is 9.59 Å². The number of carbonyl (C=O) groups is 2. The second-order valence-electron chi connectivity index (χ2n) is 11.0. The van der Waals surface area contributed by atoms with Crippen LogP contribution in [0, 0.1) is 0 Å². The molecule has 0 spiro atoms. The molecule has 2 atom stereocenters. The number of amides is 2. The van der Waals surface area contributed by atoms with E-state index < -0.39 is 12.2 Å². The predicted octanol–water partition coefficient (Wildman–Crippen LogP) is 7.21. The highest BCUT2D eigenvalue weighted by atomic mass is 32.1. The number of carbonyl (C=O) groups excluding carboxylic acids is 2. The molecule has 5 rings (SSSR count). The highest BCUT2D eigenvalue weighted by molar-refractivity contribution is 7.14. The summed E-state index contributed by atoms with van der Waals surface area (Å²) < 4.78 is 10.7. The Kier molecular flexibility index (Phi) is 12.5. The standard InChI is InChI=1S/C36H39N5O4S2/c1-44-35(42)40(33-22-37-26-46-33)31(20-29-14-8-4-9-15-29)24-39(19-18-28-12-6-3-7-13-28)25-32(21-30-16-10-5-11-17-30)41(36(43)45-2)34-23-38-27-47-34/h3-17,22-23,26-27,31-32H,18-21,24-25H2,1-2H3/t31-,32-/m0/s1. The number of hydrogen-bond acceptors (Lipinski definition) is 9. The normalized spacial score (nSPS) is 12.3. The monoisotopic (exact) mass is 669 g/mol. The van der Waals surface area contributed by atoms with Crippen molar-refractivity contribution in [2.45, 2.75) is 31.3 Å². The number of nitrogens with zero attached hydrogens (tertiary/aromatic N) is 5. The molecule has 47 heavy (non-hydrogen) atoms. The Balaban J connectivity index is 1.54. The number of benzene rings is 3. The Morgan fingerprint density at radius 2 is 1.04 bits per heavy atom. The van der Waals surface area contributed by atoms with Gasteiger partial charge in [-0.1, -0.05) is 91.0 Å². The number of thiazole rings is 2. The van der Waals surface area contributed by atoms with E-state index in [1.165, 1.54) is 42.5 Å². The Bertz CT molecular complexity index is 1520. The molecule has 0 aliphatic rings. The van der Waals surface area contributed by atoms with Gasteiger partial charge in [0.25, 0.3) is 0 Å². The van der Waals surface area contributed by atoms with Crippen molar-refractivity contribution in [3.05, 3.63) is 131 Å². The van der Waals surface area contributed by atoms with E-state index >= 15 is 0 Å². The molecule has 0 aliphatic carbocycles. The van der Waals surface area contributed by atoms with Gasteiger partial charge in [-0.05, 0) is 36.0 Å². The fourth-order valence-electron chi connectivity index (χ4n) is 5.72. The second kappa shape index (κ2) is 17.4. The minimum Gasteiger partial charge on any atom is -0.452 e. The zero-order valence-electron chi connectivity index (χ0n) is 26.6. The van der Waals surface area contributed by atoms with Crippen LogP contribution < -0.4 is 9.80 Å². The van der Waals surface area contributed by atoms with E-state index in [0.717, 1.165) is 17.5 Å². The van der Waals surface area contributed by atoms with Crippen molar-refractivity contribution in [3.63, 3.8) is 0 Å². The molecule has 244 valence electrons. The summed E-state index contributed by atoms with van der Waals surface area (Å²) in [6, 6.07) is 30.1. The van der Waals surface area contributed by atoms with Crippen molar-refractivity contribution in [2.24, 2.45) is 0 Å². The SMILES string of the molecule is COC(=O)N(c1cncs1)[C@@H](Cc1ccccc1)CN(CCc1ccccc1)C[C@H](Cc1ccccc1)N(C(=O)OC)c1cncs1. The van der Waals surface area contributed by atoms with Crippen molar-refractivity contribution in [1.29, 1.82) is 0 Å². The van der Waals surface area contributed by atoms with E-state index in [1.54, 1.807) is 33.2 Å². The molecular formula is C36H39N5O4S2. The van der Waals surface area contributed by atoms with Crippen molar-refractivity contribution in [1.82, 2.24) is 14.9 Å². The molecule has 0 aliphatic heterocycles. The van der Waals surface area contributed by atoms with E-state index in [1.807, 2.05) is 54.6 Å². The van der Waals surface area contributed by atoms with Crippen LogP contribution in [0.25, 0.3) is 0 Å². The topological polar surface area (TPSA) is 88.1 Å². The summed E-state index contributed by atoms with van der Waals surface area (Å²) in [5.41, 5.74) is 6.84. The van der Waals surface area contributed by atoms with E-state index in [9.17, 15) is 9.59 Å². The van der Waals surface area contributed by atoms with Crippen LogP contribution in [-0.2, 0) is 28.7 Å². The minimum atomic E-state index is -0.445. The van der Waals surface area contributed by atoms with Crippen LogP contribution in [0.4, 0.5) is 19.6 Å². The van der Waals surface area contributed by atoms with Crippen LogP contribution in [0.3, 0.4) is 0 Å². The molecule has 3 aromatic carbocycles. The molecule has 2 aromatic heterocycles. The maximum atomic E-state index is 13.4. The lowest BCUT2D eigenvalue weighted by atomic mass is 10.0. The third-order valence-electron chi connectivity index (χ3n) is 7.91. The first-order chi connectivity index (χ1) is 23.1. The fraction of sp³-hybridized carbons (Fsp3) is 0.278. The van der Waals surface area contributed by atoms with Gasteiger partial charge in [0.15, 0.2) is 0 Å². The first kappa shape index (κ1) is 33.8. The zero-order valence-corrected chi connectivity index (χ0v) is 28.2. The van der Waals surface area contributed by atoms with Crippen LogP contribution in [0.1, 0.15) is 16.7 Å². The smallest absolute Gasteiger partial charge is 0.415 e. The summed E-state index contributed by atoms with van der Waals surface area (Å²) in [6.45, 7) is 1.71. The first-order valence-corrected chi connectivity index (χ1v) is 17.2. The van der Waals surface area contributed by atoms with Crippen LogP contribution in [0.2, 0.25) is 0 Å². The van der Waals surface area contributed by atoms with Crippen molar-refractivity contribution in [2.75, 3.05) is 43.7 Å². The molecule has 0 fully saturated rings. The van der Waals surface area contributed by atoms with Gasteiger partial charge in [0.05, 0.1) is 49.7 Å². The number of methoxy groups -OCH3 is 2. The maximum Gasteiger partial charge on any atom is 0.415 e. The molecule has 9 nitrogen and oxygen atoms in total. The van der Waals surface area contributed by atoms with Crippen molar-refractivity contribution >= 4 is 44.9 Å². The Morgan fingerprint density at radius 3 is 1.40 bits per heavy atom. The van der Waals surface area contributed by atoms with Gasteiger partial charge in [-0.15, -0.1) is 22.7 Å². The van der Waals surface area contributed by atoms with Crippen LogP contribution in [0.15, 0.2) is 114 Å². The Hall–Kier alpha value is -4.58. The lowest BCUT2D eigenvalue weighted by Crippen LogP contribution is -2.53. The second-order valence-corrected chi connectivity index (χ2v) is 12.8. The molecule has 0 saturated carbocycles. The zero-order chi connectivity index (χ0) is 32.8. The summed E-state index contributed by atoms with van der Waals surface area (Å²) in [5, 5.41) is 1.42. The lowest BCUT2D eigenvalue weighted by molar-refractivity contribution is 0.166. The quantitative estimate of drug-likeness (QED) is 0.116. The number of ether oxygens (including phenoxy) is 2. The summed E-state index contributed by atoms with van der Waals surface area (Å²) in [6.07, 6.45) is 4.49. The van der Waals surface area contributed by atoms with Gasteiger partial charge >= 0.3 is 12.2 Å². The summed E-state index contributed by atoms with van der Waals surface area (Å²) >= 11 is 2.79. The third kappa shape index (κ3) is 9.47. The number of anilines is 2. The number of hydrogen-bond donors (Lipinski definition) is 0. The van der Waals surface area contributed by atoms with Gasteiger partial charge in [0.1, 0.15) is 10.0 Å². The van der Waals surface area contributed by atoms with Gasteiger partial charge in [-0.2, -0.15) is 0 Å². The van der Waals surface area contributed by atoms with Crippen LogP contribution >= 0.6 is 22.7 Å². The molecule has 5 aromatic rings. The van der Waals surface area contributed by atoms with Crippen LogP contribution in [-0.4, -0.2) is 73.0 Å². The summed E-state index contributed by atoms with van der Waals surface area (Å²) in [7, 11) is 2.81. The van der Waals surface area contributed by atoms with E-state index in [-0.39, 0.29) is 12.1 Å². The van der Waals surface area contributed by atoms with Gasteiger partial charge < -0.3 is 9.47 Å². The highest BCUT2D eigenvalue weighted by Crippen LogP contribution is 2.28. The van der Waals surface area contributed by atoms with Crippen molar-refractivity contribution in [3.8, 4) is 0 Å². The molecule has 2 heterocycles. The average Bonchev–Trinajstić information content (AvgIpc) is 3.84. The van der Waals surface area contributed by atoms with E-state index in [0.29, 0.717) is 42.5 Å². The fourth-order valence-corrected chi connectivity index (χ4v) is 7.10. The molecule has 0 bridgehead atoms. The molecule has 0 unspecified atom stereocenters. The highest BCUT2D eigenvalue weighted by Gasteiger charge is 2.33. The van der Waals surface area contributed by atoms with Gasteiger partial charge in [0, 0.05) is 19.6 Å². The Morgan fingerprint density at radius 1 is 0.638 bits per heavy atom. The lowest BCUT2D eigenvalue weighted by Gasteiger charge is -2.38. The third-order valence-corrected chi connectivity index (χ3v) is 9.45. The van der Waals surface area contributed by atoms with Crippen LogP contribution in [0.5, 0.6) is 0 Å². The summed E-state index contributed by atoms with van der Waals surface area (Å²) in [5.74, 6) is 0. The molecule has 0 saturated heterocycles. The maximum absolute atomic E-state index is 13.4. The van der Waals surface area contributed by atoms with Gasteiger partial charge in [0.2, 0.25) is 0 Å². The van der Waals surface area contributed by atoms with E-state index in [4.69, 9.17) is 9.47 Å². The molecule has 0 N–H and O–H groups in total. The molecule has 11 heteroatoms. The Labute approximate surface area is 284 Å². The van der Waals surface area contributed by atoms with E-state index in [2.05, 4.69) is 51.3 Å². The average molecular weight is 670 g/mol. The van der Waals surface area contributed by atoms with Crippen molar-refractivity contribution < 1.29 is 19.1 Å². The first-order valence-electron chi connectivity index (χ1n) is 15.4. The minimum absolute atomic E-state index is 0.298. The summed E-state index contributed by atoms with van der Waals surface area (Å²) in [4.78, 5) is 41.2. The number of rotatable bonds is 15. The largest absolute Gasteiger partial charge is 0.452 e. The molecule has 0 radical (unpaired) electrons. The predicted molar refractivity (Wildman–Crippen MR) is 188 cm³/mol.